The number of unbranched alkanes of at least 4 members (excludes halogenated alkanes) is 1. The summed E-state index contributed by atoms with van der Waals surface area (Å²) in [6.07, 6.45) is 1.96. The van der Waals surface area contributed by atoms with Gasteiger partial charge in [0, 0.05) is 9.79 Å². The maximum atomic E-state index is 13.1. The van der Waals surface area contributed by atoms with E-state index >= 15 is 0 Å². The van der Waals surface area contributed by atoms with Gasteiger partial charge in [-0.3, -0.25) is 4.57 Å². The fraction of sp³-hybridized carbons (Fsp3) is 0.250. The first-order valence-corrected chi connectivity index (χ1v) is 11.4. The van der Waals surface area contributed by atoms with Crippen molar-refractivity contribution < 1.29 is 9.09 Å². The lowest BCUT2D eigenvalue weighted by Crippen LogP contribution is -1.88. The van der Waals surface area contributed by atoms with Crippen molar-refractivity contribution in [1.29, 1.82) is 0 Å². The predicted molar refractivity (Wildman–Crippen MR) is 93.1 cm³/mol. The van der Waals surface area contributed by atoms with Crippen molar-refractivity contribution in [2.75, 3.05) is 6.61 Å². The monoisotopic (exact) mass is 338 g/mol. The van der Waals surface area contributed by atoms with Gasteiger partial charge in [-0.15, -0.1) is 0 Å². The highest BCUT2D eigenvalue weighted by molar-refractivity contribution is 8.89. The molecule has 5 heteroatoms. The minimum atomic E-state index is -2.86. The lowest BCUT2D eigenvalue weighted by molar-refractivity contribution is 0.327. The lowest BCUT2D eigenvalue weighted by Gasteiger charge is -2.17. The molecule has 2 rings (SSSR count). The highest BCUT2D eigenvalue weighted by Gasteiger charge is 2.26. The van der Waals surface area contributed by atoms with Crippen LogP contribution in [-0.4, -0.2) is 6.61 Å². The first kappa shape index (κ1) is 16.7. The summed E-state index contributed by atoms with van der Waals surface area (Å²) in [6, 6.07) is 19.6. The number of rotatable bonds is 8. The van der Waals surface area contributed by atoms with Crippen molar-refractivity contribution in [3.05, 3.63) is 60.7 Å². The van der Waals surface area contributed by atoms with Crippen molar-refractivity contribution in [3.63, 3.8) is 0 Å². The molecule has 0 unspecified atom stereocenters. The van der Waals surface area contributed by atoms with Crippen LogP contribution in [0.15, 0.2) is 70.5 Å². The van der Waals surface area contributed by atoms with Crippen LogP contribution in [0, 0.1) is 0 Å². The molecule has 0 heterocycles. The second kappa shape index (κ2) is 8.70. The van der Waals surface area contributed by atoms with E-state index in [0.717, 1.165) is 22.6 Å². The Morgan fingerprint density at radius 3 is 1.81 bits per heavy atom. The summed E-state index contributed by atoms with van der Waals surface area (Å²) < 4.78 is 18.9. The summed E-state index contributed by atoms with van der Waals surface area (Å²) in [5.41, 5.74) is 0. The maximum Gasteiger partial charge on any atom is 0.322 e. The smallest absolute Gasteiger partial charge is 0.313 e. The van der Waals surface area contributed by atoms with Crippen molar-refractivity contribution in [2.45, 2.75) is 29.6 Å². The Balaban J connectivity index is 2.11. The fourth-order valence-electron chi connectivity index (χ4n) is 1.61. The quantitative estimate of drug-likeness (QED) is 0.405. The van der Waals surface area contributed by atoms with Gasteiger partial charge in [-0.2, -0.15) is 0 Å². The van der Waals surface area contributed by atoms with Gasteiger partial charge in [-0.05, 0) is 53.4 Å². The maximum absolute atomic E-state index is 13.1. The zero-order chi connectivity index (χ0) is 15.0. The van der Waals surface area contributed by atoms with E-state index in [4.69, 9.17) is 4.52 Å². The first-order valence-electron chi connectivity index (χ1n) is 6.96. The highest BCUT2D eigenvalue weighted by atomic mass is 33.1. The standard InChI is InChI=1S/C16H19O2PS2/c1-2-3-14-18-19(17,20-15-10-6-4-7-11-15)21-16-12-8-5-9-13-16/h4-13H,2-3,14H2,1H3. The Hall–Kier alpha value is -0.670. The molecule has 2 nitrogen and oxygen atoms in total. The molecule has 0 fully saturated rings. The summed E-state index contributed by atoms with van der Waals surface area (Å²) in [4.78, 5) is 1.95. The molecule has 112 valence electrons. The molecule has 0 aliphatic rings. The van der Waals surface area contributed by atoms with Crippen LogP contribution >= 0.6 is 28.5 Å². The molecule has 2 aromatic carbocycles. The third-order valence-corrected chi connectivity index (χ3v) is 9.16. The van der Waals surface area contributed by atoms with Gasteiger partial charge < -0.3 is 4.52 Å². The molecular weight excluding hydrogens is 319 g/mol. The third-order valence-electron chi connectivity index (χ3n) is 2.67. The van der Waals surface area contributed by atoms with Crippen molar-refractivity contribution in [3.8, 4) is 0 Å². The molecule has 0 saturated carbocycles. The van der Waals surface area contributed by atoms with Gasteiger partial charge in [0.1, 0.15) is 0 Å². The molecule has 0 N–H and O–H groups in total. The molecule has 0 aliphatic heterocycles. The van der Waals surface area contributed by atoms with Crippen LogP contribution in [-0.2, 0) is 9.09 Å². The van der Waals surface area contributed by atoms with E-state index in [1.54, 1.807) is 0 Å². The Labute approximate surface area is 134 Å². The van der Waals surface area contributed by atoms with Crippen LogP contribution in [0.3, 0.4) is 0 Å². The van der Waals surface area contributed by atoms with Gasteiger partial charge in [0.15, 0.2) is 0 Å². The van der Waals surface area contributed by atoms with Crippen LogP contribution in [0.2, 0.25) is 0 Å². The molecule has 0 radical (unpaired) electrons. The van der Waals surface area contributed by atoms with E-state index in [1.807, 2.05) is 60.7 Å². The minimum absolute atomic E-state index is 0.535. The van der Waals surface area contributed by atoms with Crippen molar-refractivity contribution >= 4 is 28.5 Å². The van der Waals surface area contributed by atoms with Crippen molar-refractivity contribution in [2.24, 2.45) is 0 Å². The molecular formula is C16H19O2PS2. The normalized spacial score (nSPS) is 11.5. The number of hydrogen-bond donors (Lipinski definition) is 0. The van der Waals surface area contributed by atoms with Crippen LogP contribution in [0.1, 0.15) is 19.8 Å². The molecule has 0 spiro atoms. The van der Waals surface area contributed by atoms with Crippen LogP contribution in [0.5, 0.6) is 0 Å². The molecule has 2 aromatic rings. The molecule has 21 heavy (non-hydrogen) atoms. The Kier molecular flexibility index (Phi) is 6.91. The summed E-state index contributed by atoms with van der Waals surface area (Å²) in [7, 11) is 0. The predicted octanol–water partition coefficient (Wildman–Crippen LogP) is 6.50. The van der Waals surface area contributed by atoms with E-state index in [-0.39, 0.29) is 0 Å². The largest absolute Gasteiger partial charge is 0.322 e. The molecule has 0 aliphatic carbocycles. The van der Waals surface area contributed by atoms with E-state index in [0.29, 0.717) is 6.61 Å². The zero-order valence-corrected chi connectivity index (χ0v) is 14.5. The third kappa shape index (κ3) is 5.91. The summed E-state index contributed by atoms with van der Waals surface area (Å²) >= 11 is 2.67. The van der Waals surface area contributed by atoms with E-state index in [9.17, 15) is 4.57 Å². The molecule has 0 bridgehead atoms. The molecule has 0 aromatic heterocycles. The van der Waals surface area contributed by atoms with Crippen LogP contribution < -0.4 is 0 Å². The molecule has 0 atom stereocenters. The average molecular weight is 338 g/mol. The minimum Gasteiger partial charge on any atom is -0.313 e. The first-order chi connectivity index (χ1) is 10.2. The van der Waals surface area contributed by atoms with Gasteiger partial charge in [0.05, 0.1) is 6.61 Å². The van der Waals surface area contributed by atoms with Gasteiger partial charge in [-0.25, -0.2) is 0 Å². The SMILES string of the molecule is CCCCOP(=O)(Sc1ccccc1)Sc1ccccc1. The number of hydrogen-bond acceptors (Lipinski definition) is 4. The Morgan fingerprint density at radius 2 is 1.38 bits per heavy atom. The van der Waals surface area contributed by atoms with E-state index in [2.05, 4.69) is 6.92 Å². The van der Waals surface area contributed by atoms with Crippen LogP contribution in [0.25, 0.3) is 0 Å². The summed E-state index contributed by atoms with van der Waals surface area (Å²) in [6.45, 7) is 2.64. The summed E-state index contributed by atoms with van der Waals surface area (Å²) in [5.74, 6) is -2.86. The van der Waals surface area contributed by atoms with Gasteiger partial charge in [-0.1, -0.05) is 49.7 Å². The van der Waals surface area contributed by atoms with Gasteiger partial charge in [0.2, 0.25) is 0 Å². The zero-order valence-electron chi connectivity index (χ0n) is 12.0. The van der Waals surface area contributed by atoms with Crippen molar-refractivity contribution in [1.82, 2.24) is 0 Å². The highest BCUT2D eigenvalue weighted by Crippen LogP contribution is 2.74. The van der Waals surface area contributed by atoms with Gasteiger partial charge in [0.25, 0.3) is 0 Å². The second-order valence-corrected chi connectivity index (χ2v) is 11.6. The number of benzene rings is 2. The Morgan fingerprint density at radius 1 is 0.905 bits per heavy atom. The van der Waals surface area contributed by atoms with E-state index < -0.39 is 5.77 Å². The molecule has 0 saturated heterocycles. The average Bonchev–Trinajstić information content (AvgIpc) is 2.49. The van der Waals surface area contributed by atoms with Crippen LogP contribution in [0.4, 0.5) is 0 Å². The fourth-order valence-corrected chi connectivity index (χ4v) is 8.22. The van der Waals surface area contributed by atoms with E-state index in [1.165, 1.54) is 22.8 Å². The summed E-state index contributed by atoms with van der Waals surface area (Å²) in [5, 5.41) is 0. The second-order valence-electron chi connectivity index (χ2n) is 4.44. The van der Waals surface area contributed by atoms with Gasteiger partial charge >= 0.3 is 5.77 Å². The molecule has 0 amide bonds. The topological polar surface area (TPSA) is 26.3 Å². The Bertz CT molecular complexity index is 530. The lowest BCUT2D eigenvalue weighted by atomic mass is 10.4.